The maximum Gasteiger partial charge on any atom is 0.337 e. The van der Waals surface area contributed by atoms with Gasteiger partial charge in [0.2, 0.25) is 6.41 Å². The molecular formula is C6H7NO3. The van der Waals surface area contributed by atoms with Gasteiger partial charge < -0.3 is 10.4 Å². The first-order chi connectivity index (χ1) is 4.72. The summed E-state index contributed by atoms with van der Waals surface area (Å²) in [6.45, 7) is 3.23. The average molecular weight is 141 g/mol. The fraction of sp³-hybridized carbons (Fsp3) is 0. The molecule has 0 aromatic carbocycles. The standard InChI is InChI=1S/C6H7NO3/c1-2-5(6(9)10)3-7-4-8/h2-4H,1H2,(H,7,8)(H,9,10)/b5-3+. The van der Waals surface area contributed by atoms with Crippen LogP contribution in [0.25, 0.3) is 0 Å². The maximum atomic E-state index is 10.1. The highest BCUT2D eigenvalue weighted by Gasteiger charge is 1.99. The lowest BCUT2D eigenvalue weighted by Crippen LogP contribution is -2.06. The van der Waals surface area contributed by atoms with Gasteiger partial charge in [0.15, 0.2) is 0 Å². The minimum atomic E-state index is -1.12. The highest BCUT2D eigenvalue weighted by atomic mass is 16.4. The molecule has 10 heavy (non-hydrogen) atoms. The van der Waals surface area contributed by atoms with Gasteiger partial charge in [-0.15, -0.1) is 0 Å². The van der Waals surface area contributed by atoms with Crippen molar-refractivity contribution in [3.05, 3.63) is 24.4 Å². The number of carboxylic acid groups (broad SMARTS) is 1. The zero-order valence-corrected chi connectivity index (χ0v) is 5.20. The van der Waals surface area contributed by atoms with Gasteiger partial charge in [-0.3, -0.25) is 4.79 Å². The van der Waals surface area contributed by atoms with E-state index in [0.717, 1.165) is 12.3 Å². The van der Waals surface area contributed by atoms with E-state index in [1.165, 1.54) is 0 Å². The van der Waals surface area contributed by atoms with Gasteiger partial charge in [-0.2, -0.15) is 0 Å². The first kappa shape index (κ1) is 8.42. The van der Waals surface area contributed by atoms with Crippen molar-refractivity contribution in [2.45, 2.75) is 0 Å². The van der Waals surface area contributed by atoms with Gasteiger partial charge in [0.05, 0.1) is 5.57 Å². The van der Waals surface area contributed by atoms with Crippen LogP contribution < -0.4 is 5.32 Å². The second kappa shape index (κ2) is 4.31. The monoisotopic (exact) mass is 141 g/mol. The van der Waals surface area contributed by atoms with Crippen LogP contribution in [0.2, 0.25) is 0 Å². The predicted molar refractivity (Wildman–Crippen MR) is 35.1 cm³/mol. The van der Waals surface area contributed by atoms with Crippen molar-refractivity contribution in [1.82, 2.24) is 5.32 Å². The molecule has 0 saturated carbocycles. The molecule has 0 bridgehead atoms. The number of carboxylic acids is 1. The highest BCUT2D eigenvalue weighted by Crippen LogP contribution is 1.91. The topological polar surface area (TPSA) is 66.4 Å². The van der Waals surface area contributed by atoms with Crippen LogP contribution in [-0.4, -0.2) is 17.5 Å². The first-order valence-corrected chi connectivity index (χ1v) is 2.48. The predicted octanol–water partition coefficient (Wildman–Crippen LogP) is -0.113. The van der Waals surface area contributed by atoms with E-state index in [4.69, 9.17) is 5.11 Å². The molecule has 0 radical (unpaired) electrons. The molecule has 0 atom stereocenters. The molecule has 0 rings (SSSR count). The zero-order valence-electron chi connectivity index (χ0n) is 5.20. The number of hydrogen-bond donors (Lipinski definition) is 2. The summed E-state index contributed by atoms with van der Waals surface area (Å²) >= 11 is 0. The smallest absolute Gasteiger partial charge is 0.337 e. The van der Waals surface area contributed by atoms with E-state index in [-0.39, 0.29) is 5.57 Å². The molecule has 4 heteroatoms. The Kier molecular flexibility index (Phi) is 3.63. The molecule has 0 aromatic heterocycles. The summed E-state index contributed by atoms with van der Waals surface area (Å²) in [7, 11) is 0. The van der Waals surface area contributed by atoms with Crippen molar-refractivity contribution in [2.75, 3.05) is 0 Å². The third kappa shape index (κ3) is 2.66. The lowest BCUT2D eigenvalue weighted by atomic mass is 10.3. The number of carbonyl (C=O) groups is 2. The molecule has 0 aliphatic heterocycles. The zero-order chi connectivity index (χ0) is 7.98. The summed E-state index contributed by atoms with van der Waals surface area (Å²) in [6.07, 6.45) is 2.58. The van der Waals surface area contributed by atoms with E-state index in [0.29, 0.717) is 6.41 Å². The number of rotatable bonds is 4. The maximum absolute atomic E-state index is 10.1. The number of aliphatic carboxylic acids is 1. The van der Waals surface area contributed by atoms with Crippen molar-refractivity contribution < 1.29 is 14.7 Å². The van der Waals surface area contributed by atoms with Crippen molar-refractivity contribution >= 4 is 12.4 Å². The Morgan fingerprint density at radius 3 is 2.50 bits per heavy atom. The first-order valence-electron chi connectivity index (χ1n) is 2.48. The van der Waals surface area contributed by atoms with Gasteiger partial charge in [-0.25, -0.2) is 4.79 Å². The Morgan fingerprint density at radius 2 is 2.20 bits per heavy atom. The Bertz CT molecular complexity index is 183. The largest absolute Gasteiger partial charge is 0.478 e. The Balaban J connectivity index is 4.17. The van der Waals surface area contributed by atoms with Crippen LogP contribution in [0.15, 0.2) is 24.4 Å². The summed E-state index contributed by atoms with van der Waals surface area (Å²) in [5, 5.41) is 10.4. The lowest BCUT2D eigenvalue weighted by Gasteiger charge is -1.90. The number of amides is 1. The van der Waals surface area contributed by atoms with Crippen LogP contribution >= 0.6 is 0 Å². The minimum Gasteiger partial charge on any atom is -0.478 e. The lowest BCUT2D eigenvalue weighted by molar-refractivity contribution is -0.132. The molecule has 0 spiro atoms. The third-order valence-electron chi connectivity index (χ3n) is 0.774. The quantitative estimate of drug-likeness (QED) is 0.326. The van der Waals surface area contributed by atoms with Gasteiger partial charge >= 0.3 is 5.97 Å². The summed E-state index contributed by atoms with van der Waals surface area (Å²) in [4.78, 5) is 19.8. The van der Waals surface area contributed by atoms with Crippen molar-refractivity contribution in [3.8, 4) is 0 Å². The second-order valence-corrected chi connectivity index (χ2v) is 1.39. The molecule has 0 aromatic rings. The van der Waals surface area contributed by atoms with Crippen molar-refractivity contribution in [3.63, 3.8) is 0 Å². The van der Waals surface area contributed by atoms with E-state index in [9.17, 15) is 9.59 Å². The van der Waals surface area contributed by atoms with Gasteiger partial charge in [0.25, 0.3) is 0 Å². The van der Waals surface area contributed by atoms with Crippen LogP contribution in [0.5, 0.6) is 0 Å². The van der Waals surface area contributed by atoms with E-state index in [1.54, 1.807) is 0 Å². The second-order valence-electron chi connectivity index (χ2n) is 1.39. The summed E-state index contributed by atoms with van der Waals surface area (Å²) < 4.78 is 0. The molecular weight excluding hydrogens is 134 g/mol. The van der Waals surface area contributed by atoms with E-state index in [2.05, 4.69) is 11.9 Å². The molecule has 0 aliphatic rings. The number of nitrogens with one attached hydrogen (secondary N) is 1. The molecule has 0 aliphatic carbocycles. The molecule has 4 nitrogen and oxygen atoms in total. The van der Waals surface area contributed by atoms with Gasteiger partial charge in [-0.1, -0.05) is 12.7 Å². The molecule has 2 N–H and O–H groups in total. The minimum absolute atomic E-state index is 0.0490. The molecule has 0 fully saturated rings. The SMILES string of the molecule is C=C/C(=C\NC=O)C(=O)O. The average Bonchev–Trinajstić information content (AvgIpc) is 1.89. The van der Waals surface area contributed by atoms with Crippen LogP contribution in [0.1, 0.15) is 0 Å². The highest BCUT2D eigenvalue weighted by molar-refractivity contribution is 5.89. The Morgan fingerprint density at radius 1 is 1.60 bits per heavy atom. The fourth-order valence-electron chi connectivity index (χ4n) is 0.332. The van der Waals surface area contributed by atoms with Crippen LogP contribution in [0, 0.1) is 0 Å². The molecule has 54 valence electrons. The van der Waals surface area contributed by atoms with Crippen LogP contribution in [-0.2, 0) is 9.59 Å². The normalized spacial score (nSPS) is 10.2. The Hall–Kier alpha value is -1.58. The van der Waals surface area contributed by atoms with Crippen molar-refractivity contribution in [1.29, 1.82) is 0 Å². The molecule has 0 unspecified atom stereocenters. The van der Waals surface area contributed by atoms with Gasteiger partial charge in [0.1, 0.15) is 0 Å². The summed E-state index contributed by atoms with van der Waals surface area (Å²) in [5.41, 5.74) is -0.0490. The van der Waals surface area contributed by atoms with Gasteiger partial charge in [-0.05, 0) is 0 Å². The molecule has 1 amide bonds. The van der Waals surface area contributed by atoms with Crippen LogP contribution in [0.3, 0.4) is 0 Å². The number of carbonyl (C=O) groups excluding carboxylic acids is 1. The Labute approximate surface area is 57.9 Å². The molecule has 0 heterocycles. The van der Waals surface area contributed by atoms with Crippen LogP contribution in [0.4, 0.5) is 0 Å². The number of hydrogen-bond acceptors (Lipinski definition) is 2. The van der Waals surface area contributed by atoms with E-state index in [1.807, 2.05) is 0 Å². The van der Waals surface area contributed by atoms with E-state index < -0.39 is 5.97 Å². The summed E-state index contributed by atoms with van der Waals surface area (Å²) in [6, 6.07) is 0. The molecule has 0 saturated heterocycles. The fourth-order valence-corrected chi connectivity index (χ4v) is 0.332. The van der Waals surface area contributed by atoms with Crippen molar-refractivity contribution in [2.24, 2.45) is 0 Å². The van der Waals surface area contributed by atoms with Gasteiger partial charge in [0, 0.05) is 6.20 Å². The third-order valence-corrected chi connectivity index (χ3v) is 0.774. The summed E-state index contributed by atoms with van der Waals surface area (Å²) in [5.74, 6) is -1.12. The van der Waals surface area contributed by atoms with E-state index >= 15 is 0 Å².